The first-order valence-electron chi connectivity index (χ1n) is 8.05. The molecule has 0 spiro atoms. The fourth-order valence-electron chi connectivity index (χ4n) is 2.47. The van der Waals surface area contributed by atoms with Crippen LogP contribution in [-0.2, 0) is 0 Å². The lowest BCUT2D eigenvalue weighted by molar-refractivity contribution is 0.426. The van der Waals surface area contributed by atoms with Crippen LogP contribution in [0.2, 0.25) is 0 Å². The van der Waals surface area contributed by atoms with Gasteiger partial charge in [0.1, 0.15) is 5.75 Å². The van der Waals surface area contributed by atoms with Crippen LogP contribution in [0.3, 0.4) is 0 Å². The van der Waals surface area contributed by atoms with Gasteiger partial charge in [0.2, 0.25) is 5.88 Å². The van der Waals surface area contributed by atoms with Crippen molar-refractivity contribution in [3.63, 3.8) is 0 Å². The highest BCUT2D eigenvalue weighted by Crippen LogP contribution is 2.26. The van der Waals surface area contributed by atoms with Gasteiger partial charge in [0.25, 0.3) is 0 Å². The first-order valence-corrected chi connectivity index (χ1v) is 8.05. The number of ether oxygens (including phenoxy) is 1. The molecule has 0 radical (unpaired) electrons. The smallest absolute Gasteiger partial charge is 0.439 e. The molecular weight excluding hydrogens is 301 g/mol. The van der Waals surface area contributed by atoms with E-state index in [-0.39, 0.29) is 0 Å². The van der Waals surface area contributed by atoms with Crippen LogP contribution in [0.15, 0.2) is 48.5 Å². The molecule has 3 rings (SSSR count). The van der Waals surface area contributed by atoms with Crippen LogP contribution < -0.4 is 10.2 Å². The Labute approximate surface area is 142 Å². The number of fused-ring (bicyclic) bond motifs is 1. The maximum Gasteiger partial charge on any atom is 0.488 e. The van der Waals surface area contributed by atoms with E-state index in [2.05, 4.69) is 4.98 Å². The molecule has 1 aromatic heterocycles. The van der Waals surface area contributed by atoms with Gasteiger partial charge in [-0.1, -0.05) is 44.2 Å². The van der Waals surface area contributed by atoms with Gasteiger partial charge in [-0.05, 0) is 42.6 Å². The Hall–Kier alpha value is -2.37. The number of nitrogens with zero attached hydrogens (tertiary/aromatic N) is 1. The molecule has 2 aromatic carbocycles. The number of rotatable bonds is 3. The van der Waals surface area contributed by atoms with Gasteiger partial charge in [-0.25, -0.2) is 4.98 Å². The van der Waals surface area contributed by atoms with E-state index in [1.165, 1.54) is 0 Å². The number of benzene rings is 2. The van der Waals surface area contributed by atoms with Crippen molar-refractivity contribution >= 4 is 23.5 Å². The highest BCUT2D eigenvalue weighted by Gasteiger charge is 2.15. The third kappa shape index (κ3) is 3.93. The van der Waals surface area contributed by atoms with E-state index >= 15 is 0 Å². The topological polar surface area (TPSA) is 62.6 Å². The zero-order valence-electron chi connectivity index (χ0n) is 14.4. The fraction of sp³-hybridized carbons (Fsp3) is 0.211. The van der Waals surface area contributed by atoms with E-state index in [0.717, 1.165) is 27.8 Å². The van der Waals surface area contributed by atoms with E-state index in [0.29, 0.717) is 11.3 Å². The van der Waals surface area contributed by atoms with Crippen LogP contribution >= 0.6 is 0 Å². The average Bonchev–Trinajstić information content (AvgIpc) is 2.58. The number of aryl methyl sites for hydroxylation is 2. The van der Waals surface area contributed by atoms with Gasteiger partial charge in [-0.2, -0.15) is 0 Å². The molecule has 0 aliphatic rings. The maximum absolute atomic E-state index is 9.36. The van der Waals surface area contributed by atoms with Gasteiger partial charge in [-0.15, -0.1) is 0 Å². The van der Waals surface area contributed by atoms with Crippen LogP contribution in [0.5, 0.6) is 11.6 Å². The third-order valence-corrected chi connectivity index (χ3v) is 3.57. The predicted molar refractivity (Wildman–Crippen MR) is 98.9 cm³/mol. The number of para-hydroxylation sites is 1. The Morgan fingerprint density at radius 2 is 1.58 bits per heavy atom. The van der Waals surface area contributed by atoms with Crippen molar-refractivity contribution in [2.75, 3.05) is 0 Å². The van der Waals surface area contributed by atoms with Crippen molar-refractivity contribution in [1.82, 2.24) is 4.98 Å². The molecule has 3 aromatic rings. The second kappa shape index (κ2) is 7.95. The Bertz CT molecular complexity index is 820. The Morgan fingerprint density at radius 1 is 0.917 bits per heavy atom. The third-order valence-electron chi connectivity index (χ3n) is 3.57. The van der Waals surface area contributed by atoms with Crippen molar-refractivity contribution in [2.24, 2.45) is 0 Å². The van der Waals surface area contributed by atoms with Gasteiger partial charge in [0.15, 0.2) is 0 Å². The Kier molecular flexibility index (Phi) is 5.96. The van der Waals surface area contributed by atoms with Crippen molar-refractivity contribution in [1.29, 1.82) is 0 Å². The quantitative estimate of drug-likeness (QED) is 0.726. The highest BCUT2D eigenvalue weighted by molar-refractivity contribution is 6.59. The number of pyridine rings is 1. The summed E-state index contributed by atoms with van der Waals surface area (Å²) in [5, 5.41) is 19.6. The van der Waals surface area contributed by atoms with Crippen LogP contribution in [-0.4, -0.2) is 22.2 Å². The molecule has 1 heterocycles. The molecule has 24 heavy (non-hydrogen) atoms. The Balaban J connectivity index is 0.00000100. The molecular formula is C19H22BNO3. The molecule has 0 bridgehead atoms. The molecule has 2 N–H and O–H groups in total. The maximum atomic E-state index is 9.36. The second-order valence-corrected chi connectivity index (χ2v) is 5.30. The summed E-state index contributed by atoms with van der Waals surface area (Å²) < 4.78 is 5.79. The zero-order chi connectivity index (χ0) is 17.7. The molecule has 124 valence electrons. The van der Waals surface area contributed by atoms with E-state index in [4.69, 9.17) is 4.74 Å². The molecule has 0 saturated carbocycles. The molecule has 5 heteroatoms. The lowest BCUT2D eigenvalue weighted by Crippen LogP contribution is -2.30. The van der Waals surface area contributed by atoms with Crippen molar-refractivity contribution in [3.8, 4) is 11.6 Å². The number of hydrogen-bond acceptors (Lipinski definition) is 4. The Morgan fingerprint density at radius 3 is 2.21 bits per heavy atom. The van der Waals surface area contributed by atoms with Crippen molar-refractivity contribution in [2.45, 2.75) is 27.7 Å². The van der Waals surface area contributed by atoms with Crippen LogP contribution in [0.4, 0.5) is 0 Å². The average molecular weight is 323 g/mol. The molecule has 0 unspecified atom stereocenters. The van der Waals surface area contributed by atoms with Gasteiger partial charge >= 0.3 is 7.12 Å². The van der Waals surface area contributed by atoms with Crippen LogP contribution in [0.25, 0.3) is 10.9 Å². The van der Waals surface area contributed by atoms with E-state index in [9.17, 15) is 10.0 Å². The summed E-state index contributed by atoms with van der Waals surface area (Å²) in [5.74, 6) is 1.26. The molecule has 0 saturated heterocycles. The summed E-state index contributed by atoms with van der Waals surface area (Å²) in [6.07, 6.45) is 0. The van der Waals surface area contributed by atoms with Crippen molar-refractivity contribution in [3.05, 3.63) is 59.7 Å². The van der Waals surface area contributed by atoms with E-state index < -0.39 is 7.12 Å². The monoisotopic (exact) mass is 323 g/mol. The zero-order valence-corrected chi connectivity index (χ0v) is 14.4. The summed E-state index contributed by atoms with van der Waals surface area (Å²) in [6, 6.07) is 14.8. The first kappa shape index (κ1) is 18.0. The summed E-state index contributed by atoms with van der Waals surface area (Å²) in [7, 11) is -1.48. The molecule has 0 fully saturated rings. The molecule has 0 amide bonds. The predicted octanol–water partition coefficient (Wildman–Crippen LogP) is 3.35. The molecule has 0 aliphatic heterocycles. The summed E-state index contributed by atoms with van der Waals surface area (Å²) in [6.45, 7) is 7.85. The second-order valence-electron chi connectivity index (χ2n) is 5.30. The summed E-state index contributed by atoms with van der Waals surface area (Å²) >= 11 is 0. The fourth-order valence-corrected chi connectivity index (χ4v) is 2.47. The minimum Gasteiger partial charge on any atom is -0.439 e. The van der Waals surface area contributed by atoms with Gasteiger partial charge < -0.3 is 14.8 Å². The largest absolute Gasteiger partial charge is 0.488 e. The summed E-state index contributed by atoms with van der Waals surface area (Å²) in [5.41, 5.74) is 3.12. The molecule has 0 atom stereocenters. The SMILES string of the molecule is CC.Cc1cc(Oc2ccccc2)nc2c(C)cc(B(O)O)cc12. The van der Waals surface area contributed by atoms with Gasteiger partial charge in [-0.3, -0.25) is 0 Å². The summed E-state index contributed by atoms with van der Waals surface area (Å²) in [4.78, 5) is 4.55. The lowest BCUT2D eigenvalue weighted by Gasteiger charge is -2.11. The standard InChI is InChI=1S/C17H16BNO3.C2H6/c1-11-9-16(22-14-6-4-3-5-7-14)19-17-12(2)8-13(18(20)21)10-15(11)17;1-2/h3-10,20-21H,1-2H3;1-2H3. The van der Waals surface area contributed by atoms with E-state index in [1.807, 2.05) is 64.1 Å². The highest BCUT2D eigenvalue weighted by atomic mass is 16.5. The molecule has 4 nitrogen and oxygen atoms in total. The first-order chi connectivity index (χ1) is 11.5. The molecule has 0 aliphatic carbocycles. The number of aromatic nitrogens is 1. The van der Waals surface area contributed by atoms with Gasteiger partial charge in [0.05, 0.1) is 5.52 Å². The van der Waals surface area contributed by atoms with Gasteiger partial charge in [0, 0.05) is 11.5 Å². The van der Waals surface area contributed by atoms with Crippen LogP contribution in [0, 0.1) is 13.8 Å². The van der Waals surface area contributed by atoms with Crippen molar-refractivity contribution < 1.29 is 14.8 Å². The minimum atomic E-state index is -1.48. The minimum absolute atomic E-state index is 0.464. The normalized spacial score (nSPS) is 10.1. The van der Waals surface area contributed by atoms with Crippen LogP contribution in [0.1, 0.15) is 25.0 Å². The number of hydrogen-bond donors (Lipinski definition) is 2. The van der Waals surface area contributed by atoms with E-state index in [1.54, 1.807) is 12.1 Å². The lowest BCUT2D eigenvalue weighted by atomic mass is 9.78.